The van der Waals surface area contributed by atoms with Crippen molar-refractivity contribution in [3.8, 4) is 0 Å². The molecule has 1 aromatic rings. The van der Waals surface area contributed by atoms with Gasteiger partial charge in [-0.25, -0.2) is 13.2 Å². The van der Waals surface area contributed by atoms with E-state index < -0.39 is 9.84 Å². The number of hydrogen-bond acceptors (Lipinski definition) is 7. The molecule has 3 rings (SSSR count). The standard InChI is InChI=1S/C14H23N5O4S/c1-4-12-15-13(23-16-12)7-18-5-6-19(14(20)17(2)3)11-9-24(21,22)8-10(11)18/h10-11H,4-9H2,1-3H3. The number of urea groups is 1. The van der Waals surface area contributed by atoms with Crippen LogP contribution in [0.2, 0.25) is 0 Å². The zero-order chi connectivity index (χ0) is 17.5. The van der Waals surface area contributed by atoms with Crippen LogP contribution >= 0.6 is 0 Å². The van der Waals surface area contributed by atoms with Crippen LogP contribution in [0.1, 0.15) is 18.6 Å². The summed E-state index contributed by atoms with van der Waals surface area (Å²) >= 11 is 0. The summed E-state index contributed by atoms with van der Waals surface area (Å²) in [5.41, 5.74) is 0. The van der Waals surface area contributed by atoms with Crippen LogP contribution in [0.3, 0.4) is 0 Å². The molecule has 3 heterocycles. The van der Waals surface area contributed by atoms with Crippen LogP contribution in [-0.4, -0.2) is 90.1 Å². The smallest absolute Gasteiger partial charge is 0.319 e. The number of sulfone groups is 1. The van der Waals surface area contributed by atoms with Crippen LogP contribution in [0.5, 0.6) is 0 Å². The highest BCUT2D eigenvalue weighted by Crippen LogP contribution is 2.28. The normalized spacial score (nSPS) is 26.4. The molecule has 0 aromatic carbocycles. The third-order valence-corrected chi connectivity index (χ3v) is 6.28. The third-order valence-electron chi connectivity index (χ3n) is 4.58. The van der Waals surface area contributed by atoms with Crippen LogP contribution in [0, 0.1) is 0 Å². The van der Waals surface area contributed by atoms with E-state index in [0.29, 0.717) is 37.8 Å². The molecule has 1 aromatic heterocycles. The summed E-state index contributed by atoms with van der Waals surface area (Å²) in [6.45, 7) is 3.43. The molecule has 2 unspecified atom stereocenters. The van der Waals surface area contributed by atoms with E-state index in [2.05, 4.69) is 10.1 Å². The first kappa shape index (κ1) is 17.2. The third kappa shape index (κ3) is 3.25. The number of piperazine rings is 1. The summed E-state index contributed by atoms with van der Waals surface area (Å²) in [5.74, 6) is 1.20. The lowest BCUT2D eigenvalue weighted by Gasteiger charge is -2.44. The molecule has 2 fully saturated rings. The van der Waals surface area contributed by atoms with Crippen LogP contribution in [0.15, 0.2) is 4.52 Å². The fraction of sp³-hybridized carbons (Fsp3) is 0.786. The molecule has 0 saturated carbocycles. The van der Waals surface area contributed by atoms with E-state index in [0.717, 1.165) is 0 Å². The average Bonchev–Trinajstić information content (AvgIpc) is 3.09. The molecule has 10 heteroatoms. The first-order chi connectivity index (χ1) is 11.3. The Morgan fingerprint density at radius 2 is 2.00 bits per heavy atom. The summed E-state index contributed by atoms with van der Waals surface area (Å²) in [5, 5.41) is 3.88. The zero-order valence-corrected chi connectivity index (χ0v) is 15.0. The number of rotatable bonds is 3. The van der Waals surface area contributed by atoms with Crippen molar-refractivity contribution in [2.45, 2.75) is 32.0 Å². The van der Waals surface area contributed by atoms with Crippen molar-refractivity contribution in [2.24, 2.45) is 0 Å². The van der Waals surface area contributed by atoms with Crippen LogP contribution in [-0.2, 0) is 22.8 Å². The first-order valence-corrected chi connectivity index (χ1v) is 9.86. The molecule has 24 heavy (non-hydrogen) atoms. The minimum absolute atomic E-state index is 0.0117. The van der Waals surface area contributed by atoms with Crippen molar-refractivity contribution in [2.75, 3.05) is 38.7 Å². The van der Waals surface area contributed by atoms with E-state index in [4.69, 9.17) is 4.52 Å². The van der Waals surface area contributed by atoms with E-state index in [1.165, 1.54) is 4.90 Å². The van der Waals surface area contributed by atoms with Crippen molar-refractivity contribution in [1.29, 1.82) is 0 Å². The van der Waals surface area contributed by atoms with Gasteiger partial charge in [0.05, 0.1) is 24.1 Å². The molecule has 9 nitrogen and oxygen atoms in total. The van der Waals surface area contributed by atoms with Crippen molar-refractivity contribution in [3.05, 3.63) is 11.7 Å². The second-order valence-electron chi connectivity index (χ2n) is 6.51. The summed E-state index contributed by atoms with van der Waals surface area (Å²) in [7, 11) is 0.191. The maximum Gasteiger partial charge on any atom is 0.319 e. The molecule has 0 radical (unpaired) electrons. The molecule has 2 saturated heterocycles. The van der Waals surface area contributed by atoms with Gasteiger partial charge in [-0.15, -0.1) is 0 Å². The highest BCUT2D eigenvalue weighted by atomic mass is 32.2. The molecular weight excluding hydrogens is 334 g/mol. The molecule has 0 bridgehead atoms. The van der Waals surface area contributed by atoms with E-state index in [-0.39, 0.29) is 29.6 Å². The van der Waals surface area contributed by atoms with Crippen LogP contribution in [0.25, 0.3) is 0 Å². The number of aryl methyl sites for hydroxylation is 1. The number of aromatic nitrogens is 2. The van der Waals surface area contributed by atoms with Crippen molar-refractivity contribution in [3.63, 3.8) is 0 Å². The fourth-order valence-corrected chi connectivity index (χ4v) is 5.40. The molecular formula is C14H23N5O4S. The van der Waals surface area contributed by atoms with Gasteiger partial charge in [-0.05, 0) is 0 Å². The Hall–Kier alpha value is -1.68. The first-order valence-electron chi connectivity index (χ1n) is 8.04. The topological polar surface area (TPSA) is 99.9 Å². The van der Waals surface area contributed by atoms with Gasteiger partial charge in [-0.2, -0.15) is 4.98 Å². The largest absolute Gasteiger partial charge is 0.338 e. The number of fused-ring (bicyclic) bond motifs is 1. The summed E-state index contributed by atoms with van der Waals surface area (Å²) in [4.78, 5) is 21.9. The predicted molar refractivity (Wildman–Crippen MR) is 86.1 cm³/mol. The Balaban J connectivity index is 1.80. The van der Waals surface area contributed by atoms with Crippen LogP contribution < -0.4 is 0 Å². The van der Waals surface area contributed by atoms with Gasteiger partial charge in [0.2, 0.25) is 5.89 Å². The minimum Gasteiger partial charge on any atom is -0.338 e. The zero-order valence-electron chi connectivity index (χ0n) is 14.2. The van der Waals surface area contributed by atoms with E-state index in [1.54, 1.807) is 19.0 Å². The minimum atomic E-state index is -3.17. The molecule has 0 spiro atoms. The van der Waals surface area contributed by atoms with E-state index in [9.17, 15) is 13.2 Å². The van der Waals surface area contributed by atoms with Gasteiger partial charge >= 0.3 is 6.03 Å². The molecule has 0 N–H and O–H groups in total. The number of hydrogen-bond donors (Lipinski definition) is 0. The fourth-order valence-electron chi connectivity index (χ4n) is 3.39. The number of carbonyl (C=O) groups is 1. The Morgan fingerprint density at radius 1 is 1.29 bits per heavy atom. The molecule has 134 valence electrons. The Kier molecular flexibility index (Phi) is 4.52. The van der Waals surface area contributed by atoms with Gasteiger partial charge in [-0.1, -0.05) is 12.1 Å². The van der Waals surface area contributed by atoms with Crippen LogP contribution in [0.4, 0.5) is 4.79 Å². The van der Waals surface area contributed by atoms with Gasteiger partial charge < -0.3 is 14.3 Å². The summed E-state index contributed by atoms with van der Waals surface area (Å²) in [6, 6.07) is -0.704. The van der Waals surface area contributed by atoms with Gasteiger partial charge in [-0.3, -0.25) is 4.90 Å². The highest BCUT2D eigenvalue weighted by molar-refractivity contribution is 7.91. The molecule has 2 atom stereocenters. The SMILES string of the molecule is CCc1noc(CN2CCN(C(=O)N(C)C)C3CS(=O)(=O)CC32)n1. The maximum atomic E-state index is 12.4. The Bertz CT molecular complexity index is 717. The highest BCUT2D eigenvalue weighted by Gasteiger charge is 2.48. The molecule has 2 aliphatic heterocycles. The lowest BCUT2D eigenvalue weighted by molar-refractivity contribution is 0.0461. The van der Waals surface area contributed by atoms with E-state index >= 15 is 0 Å². The van der Waals surface area contributed by atoms with E-state index in [1.807, 2.05) is 11.8 Å². The van der Waals surface area contributed by atoms with Crippen molar-refractivity contribution in [1.82, 2.24) is 24.8 Å². The van der Waals surface area contributed by atoms with Gasteiger partial charge in [0.25, 0.3) is 0 Å². The summed E-state index contributed by atoms with van der Waals surface area (Å²) < 4.78 is 29.5. The Labute approximate surface area is 141 Å². The van der Waals surface area contributed by atoms with Crippen molar-refractivity contribution < 1.29 is 17.7 Å². The molecule has 2 amide bonds. The number of carbonyl (C=O) groups excluding carboxylic acids is 1. The Morgan fingerprint density at radius 3 is 2.62 bits per heavy atom. The maximum absolute atomic E-state index is 12.4. The van der Waals surface area contributed by atoms with Gasteiger partial charge in [0.15, 0.2) is 15.7 Å². The summed E-state index contributed by atoms with van der Waals surface area (Å²) in [6.07, 6.45) is 0.690. The second-order valence-corrected chi connectivity index (χ2v) is 8.66. The van der Waals surface area contributed by atoms with Gasteiger partial charge in [0.1, 0.15) is 0 Å². The lowest BCUT2D eigenvalue weighted by atomic mass is 10.1. The average molecular weight is 357 g/mol. The second kappa shape index (κ2) is 6.32. The molecule has 0 aliphatic carbocycles. The monoisotopic (exact) mass is 357 g/mol. The lowest BCUT2D eigenvalue weighted by Crippen LogP contribution is -2.61. The van der Waals surface area contributed by atoms with Crippen molar-refractivity contribution >= 4 is 15.9 Å². The molecule has 2 aliphatic rings. The number of amides is 2. The number of nitrogens with zero attached hydrogens (tertiary/aromatic N) is 5. The predicted octanol–water partition coefficient (Wildman–Crippen LogP) is -0.403. The van der Waals surface area contributed by atoms with Gasteiger partial charge in [0, 0.05) is 39.6 Å². The quantitative estimate of drug-likeness (QED) is 0.725.